The molecule has 7 heteroatoms. The van der Waals surface area contributed by atoms with E-state index in [2.05, 4.69) is 10.6 Å². The van der Waals surface area contributed by atoms with E-state index in [1.165, 1.54) is 0 Å². The Morgan fingerprint density at radius 3 is 2.40 bits per heavy atom. The molecular formula is C23H27N3O4. The maximum Gasteiger partial charge on any atom is 0.415 e. The van der Waals surface area contributed by atoms with Gasteiger partial charge in [0.15, 0.2) is 0 Å². The standard InChI is InChI=1S/C23H27N3O4/c1-16-8-9-17(2)20(14-16)25-22(28)21(27)24-15-18-10-12-26(13-11-18)23(29)30-19-6-4-3-5-7-19/h3-9,14,18H,10-13,15H2,1-2H3,(H,24,27)(H,25,28). The number of nitrogens with one attached hydrogen (secondary N) is 2. The number of rotatable bonds is 4. The summed E-state index contributed by atoms with van der Waals surface area (Å²) in [5.74, 6) is -0.593. The third-order valence-electron chi connectivity index (χ3n) is 5.22. The lowest BCUT2D eigenvalue weighted by Crippen LogP contribution is -2.44. The van der Waals surface area contributed by atoms with Gasteiger partial charge in [-0.3, -0.25) is 9.59 Å². The van der Waals surface area contributed by atoms with Crippen LogP contribution in [-0.2, 0) is 9.59 Å². The molecule has 7 nitrogen and oxygen atoms in total. The van der Waals surface area contributed by atoms with Crippen molar-refractivity contribution in [2.75, 3.05) is 25.0 Å². The largest absolute Gasteiger partial charge is 0.415 e. The summed E-state index contributed by atoms with van der Waals surface area (Å²) in [5.41, 5.74) is 2.55. The van der Waals surface area contributed by atoms with Gasteiger partial charge in [-0.1, -0.05) is 30.3 Å². The van der Waals surface area contributed by atoms with Gasteiger partial charge in [-0.05, 0) is 61.9 Å². The summed E-state index contributed by atoms with van der Waals surface area (Å²) in [5, 5.41) is 5.37. The second-order valence-electron chi connectivity index (χ2n) is 7.59. The number of amides is 3. The zero-order chi connectivity index (χ0) is 21.5. The van der Waals surface area contributed by atoms with Crippen LogP contribution >= 0.6 is 0 Å². The molecule has 1 heterocycles. The first-order chi connectivity index (χ1) is 14.4. The SMILES string of the molecule is Cc1ccc(C)c(NC(=O)C(=O)NCC2CCN(C(=O)Oc3ccccc3)CC2)c1. The van der Waals surface area contributed by atoms with Gasteiger partial charge in [0.25, 0.3) is 0 Å². The van der Waals surface area contributed by atoms with Crippen molar-refractivity contribution in [2.45, 2.75) is 26.7 Å². The van der Waals surface area contributed by atoms with Crippen LogP contribution in [0.1, 0.15) is 24.0 Å². The highest BCUT2D eigenvalue weighted by molar-refractivity contribution is 6.39. The lowest BCUT2D eigenvalue weighted by atomic mass is 9.97. The molecule has 1 aliphatic rings. The second-order valence-corrected chi connectivity index (χ2v) is 7.59. The summed E-state index contributed by atoms with van der Waals surface area (Å²) in [7, 11) is 0. The molecule has 0 radical (unpaired) electrons. The summed E-state index contributed by atoms with van der Waals surface area (Å²) in [6.07, 6.45) is 1.11. The maximum absolute atomic E-state index is 12.2. The number of likely N-dealkylation sites (tertiary alicyclic amines) is 1. The van der Waals surface area contributed by atoms with Crippen molar-refractivity contribution in [3.63, 3.8) is 0 Å². The Bertz CT molecular complexity index is 906. The number of benzene rings is 2. The number of hydrogen-bond donors (Lipinski definition) is 2. The molecule has 0 spiro atoms. The molecule has 2 aromatic carbocycles. The van der Waals surface area contributed by atoms with E-state index in [0.29, 0.717) is 31.1 Å². The Hall–Kier alpha value is -3.35. The summed E-state index contributed by atoms with van der Waals surface area (Å²) < 4.78 is 5.36. The average Bonchev–Trinajstić information content (AvgIpc) is 2.75. The Labute approximate surface area is 176 Å². The molecule has 0 aromatic heterocycles. The fourth-order valence-corrected chi connectivity index (χ4v) is 3.34. The predicted octanol–water partition coefficient (Wildman–Crippen LogP) is 3.27. The topological polar surface area (TPSA) is 87.7 Å². The minimum absolute atomic E-state index is 0.211. The van der Waals surface area contributed by atoms with E-state index in [1.54, 1.807) is 17.0 Å². The number of nitrogens with zero attached hydrogens (tertiary/aromatic N) is 1. The van der Waals surface area contributed by atoms with Crippen LogP contribution in [0.2, 0.25) is 0 Å². The molecule has 0 aliphatic carbocycles. The van der Waals surface area contributed by atoms with Gasteiger partial charge in [0.05, 0.1) is 0 Å². The highest BCUT2D eigenvalue weighted by Crippen LogP contribution is 2.19. The number of para-hydroxylation sites is 1. The van der Waals surface area contributed by atoms with Gasteiger partial charge in [0.1, 0.15) is 5.75 Å². The van der Waals surface area contributed by atoms with Crippen molar-refractivity contribution < 1.29 is 19.1 Å². The van der Waals surface area contributed by atoms with Crippen molar-refractivity contribution in [3.8, 4) is 5.75 Å². The Morgan fingerprint density at radius 2 is 1.70 bits per heavy atom. The number of piperidine rings is 1. The molecule has 3 amide bonds. The van der Waals surface area contributed by atoms with Crippen molar-refractivity contribution in [1.29, 1.82) is 0 Å². The lowest BCUT2D eigenvalue weighted by molar-refractivity contribution is -0.136. The van der Waals surface area contributed by atoms with Crippen LogP contribution in [0.3, 0.4) is 0 Å². The summed E-state index contributed by atoms with van der Waals surface area (Å²) in [6, 6.07) is 14.7. The molecule has 2 N–H and O–H groups in total. The lowest BCUT2D eigenvalue weighted by Gasteiger charge is -2.31. The van der Waals surface area contributed by atoms with Crippen molar-refractivity contribution in [1.82, 2.24) is 10.2 Å². The van der Waals surface area contributed by atoms with Crippen molar-refractivity contribution >= 4 is 23.6 Å². The van der Waals surface area contributed by atoms with Crippen LogP contribution in [0.4, 0.5) is 10.5 Å². The Morgan fingerprint density at radius 1 is 1.00 bits per heavy atom. The Balaban J connectivity index is 1.40. The number of carbonyl (C=O) groups excluding carboxylic acids is 3. The first-order valence-corrected chi connectivity index (χ1v) is 10.1. The fourth-order valence-electron chi connectivity index (χ4n) is 3.34. The average molecular weight is 409 g/mol. The molecule has 0 unspecified atom stereocenters. The van der Waals surface area contributed by atoms with E-state index in [0.717, 1.165) is 24.0 Å². The summed E-state index contributed by atoms with van der Waals surface area (Å²) in [4.78, 5) is 38.2. The zero-order valence-corrected chi connectivity index (χ0v) is 17.3. The van der Waals surface area contributed by atoms with E-state index in [4.69, 9.17) is 4.74 Å². The number of hydrogen-bond acceptors (Lipinski definition) is 4. The van der Waals surface area contributed by atoms with Crippen LogP contribution < -0.4 is 15.4 Å². The summed E-state index contributed by atoms with van der Waals surface area (Å²) >= 11 is 0. The molecule has 1 saturated heterocycles. The highest BCUT2D eigenvalue weighted by atomic mass is 16.6. The van der Waals surface area contributed by atoms with Crippen LogP contribution in [-0.4, -0.2) is 42.4 Å². The highest BCUT2D eigenvalue weighted by Gasteiger charge is 2.25. The first kappa shape index (κ1) is 21.4. The van der Waals surface area contributed by atoms with E-state index in [1.807, 2.05) is 50.2 Å². The third kappa shape index (κ3) is 5.83. The minimum atomic E-state index is -0.674. The monoisotopic (exact) mass is 409 g/mol. The van der Waals surface area contributed by atoms with Gasteiger partial charge in [-0.15, -0.1) is 0 Å². The van der Waals surface area contributed by atoms with Gasteiger partial charge in [-0.25, -0.2) is 4.79 Å². The molecule has 30 heavy (non-hydrogen) atoms. The number of ether oxygens (including phenoxy) is 1. The van der Waals surface area contributed by atoms with Crippen LogP contribution in [0.25, 0.3) is 0 Å². The van der Waals surface area contributed by atoms with Crippen molar-refractivity contribution in [2.24, 2.45) is 5.92 Å². The predicted molar refractivity (Wildman–Crippen MR) is 114 cm³/mol. The normalized spacial score (nSPS) is 14.1. The van der Waals surface area contributed by atoms with Gasteiger partial charge in [0.2, 0.25) is 0 Å². The van der Waals surface area contributed by atoms with E-state index >= 15 is 0 Å². The van der Waals surface area contributed by atoms with Gasteiger partial charge in [0, 0.05) is 25.3 Å². The molecule has 3 rings (SSSR count). The molecule has 158 valence electrons. The van der Waals surface area contributed by atoms with Crippen molar-refractivity contribution in [3.05, 3.63) is 59.7 Å². The van der Waals surface area contributed by atoms with Crippen LogP contribution in [0.5, 0.6) is 5.75 Å². The first-order valence-electron chi connectivity index (χ1n) is 10.1. The minimum Gasteiger partial charge on any atom is -0.410 e. The van der Waals surface area contributed by atoms with E-state index in [9.17, 15) is 14.4 Å². The molecule has 2 aromatic rings. The molecule has 1 fully saturated rings. The zero-order valence-electron chi connectivity index (χ0n) is 17.3. The number of anilines is 1. The molecule has 0 bridgehead atoms. The molecule has 0 atom stereocenters. The smallest absolute Gasteiger partial charge is 0.410 e. The fraction of sp³-hybridized carbons (Fsp3) is 0.348. The third-order valence-corrected chi connectivity index (χ3v) is 5.22. The summed E-state index contributed by atoms with van der Waals surface area (Å²) in [6.45, 7) is 5.32. The number of aryl methyl sites for hydroxylation is 2. The second kappa shape index (κ2) is 9.91. The maximum atomic E-state index is 12.2. The van der Waals surface area contributed by atoms with Gasteiger partial charge >= 0.3 is 17.9 Å². The van der Waals surface area contributed by atoms with E-state index in [-0.39, 0.29) is 12.0 Å². The van der Waals surface area contributed by atoms with Gasteiger partial charge in [-0.2, -0.15) is 0 Å². The van der Waals surface area contributed by atoms with Gasteiger partial charge < -0.3 is 20.3 Å². The molecule has 1 aliphatic heterocycles. The van der Waals surface area contributed by atoms with E-state index < -0.39 is 11.8 Å². The quantitative estimate of drug-likeness (QED) is 0.759. The Kier molecular flexibility index (Phi) is 7.06. The van der Waals surface area contributed by atoms with Crippen LogP contribution in [0, 0.1) is 19.8 Å². The van der Waals surface area contributed by atoms with Crippen LogP contribution in [0.15, 0.2) is 48.5 Å². The molecular weight excluding hydrogens is 382 g/mol. The molecule has 0 saturated carbocycles. The number of carbonyl (C=O) groups is 3.